The Hall–Kier alpha value is -0.760. The van der Waals surface area contributed by atoms with E-state index < -0.39 is 0 Å². The number of halogens is 1. The van der Waals surface area contributed by atoms with E-state index in [1.807, 2.05) is 24.5 Å². The van der Waals surface area contributed by atoms with Crippen LogP contribution in [0.25, 0.3) is 0 Å². The van der Waals surface area contributed by atoms with Crippen molar-refractivity contribution in [3.8, 4) is 0 Å². The van der Waals surface area contributed by atoms with Crippen LogP contribution in [-0.2, 0) is 0 Å². The van der Waals surface area contributed by atoms with Crippen LogP contribution in [0.1, 0.15) is 12.8 Å². The maximum Gasteiger partial charge on any atom is 0.0427 e. The minimum atomic E-state index is 0.518. The summed E-state index contributed by atoms with van der Waals surface area (Å²) in [6, 6.07) is 4.61. The molecule has 0 spiro atoms. The summed E-state index contributed by atoms with van der Waals surface area (Å²) in [5.74, 6) is 0.725. The number of nitrogens with zero attached hydrogens (tertiary/aromatic N) is 2. The Morgan fingerprint density at radius 2 is 2.23 bits per heavy atom. The summed E-state index contributed by atoms with van der Waals surface area (Å²) in [5.41, 5.74) is 1.25. The topological polar surface area (TPSA) is 16.1 Å². The summed E-state index contributed by atoms with van der Waals surface area (Å²) < 4.78 is 0. The first kappa shape index (κ1) is 8.82. The quantitative estimate of drug-likeness (QED) is 0.675. The van der Waals surface area contributed by atoms with Gasteiger partial charge in [-0.15, -0.1) is 11.6 Å². The second-order valence-corrected chi connectivity index (χ2v) is 3.66. The lowest BCUT2D eigenvalue weighted by Gasteiger charge is -2.24. The fourth-order valence-electron chi connectivity index (χ4n) is 1.87. The van der Waals surface area contributed by atoms with Gasteiger partial charge in [0, 0.05) is 36.5 Å². The highest BCUT2D eigenvalue weighted by Gasteiger charge is 2.23. The molecule has 2 heterocycles. The average molecular weight is 197 g/mol. The third kappa shape index (κ3) is 1.78. The number of anilines is 1. The summed E-state index contributed by atoms with van der Waals surface area (Å²) in [6.45, 7) is 1.13. The van der Waals surface area contributed by atoms with E-state index in [9.17, 15) is 0 Å². The van der Waals surface area contributed by atoms with Crippen molar-refractivity contribution in [3.05, 3.63) is 24.5 Å². The molecule has 0 amide bonds. The van der Waals surface area contributed by atoms with Crippen LogP contribution in [0, 0.1) is 0 Å². The molecule has 1 aliphatic rings. The van der Waals surface area contributed by atoms with Crippen LogP contribution in [0.15, 0.2) is 24.5 Å². The zero-order valence-corrected chi connectivity index (χ0v) is 8.24. The van der Waals surface area contributed by atoms with Crippen LogP contribution >= 0.6 is 11.6 Å². The fourth-order valence-corrected chi connectivity index (χ4v) is 2.19. The van der Waals surface area contributed by atoms with Gasteiger partial charge in [-0.25, -0.2) is 0 Å². The van der Waals surface area contributed by atoms with Crippen molar-refractivity contribution < 1.29 is 0 Å². The Morgan fingerprint density at radius 1 is 1.46 bits per heavy atom. The zero-order valence-electron chi connectivity index (χ0n) is 7.49. The first-order valence-corrected chi connectivity index (χ1v) is 5.18. The third-order valence-corrected chi connectivity index (χ3v) is 2.91. The van der Waals surface area contributed by atoms with Crippen molar-refractivity contribution in [2.45, 2.75) is 18.9 Å². The van der Waals surface area contributed by atoms with Gasteiger partial charge in [-0.1, -0.05) is 0 Å². The molecule has 1 unspecified atom stereocenters. The SMILES string of the molecule is ClCC1CCCN1c1ccncc1. The monoisotopic (exact) mass is 196 g/mol. The molecule has 1 saturated heterocycles. The molecule has 2 rings (SSSR count). The number of alkyl halides is 1. The van der Waals surface area contributed by atoms with Crippen LogP contribution < -0.4 is 4.90 Å². The van der Waals surface area contributed by atoms with Crippen molar-refractivity contribution in [3.63, 3.8) is 0 Å². The maximum atomic E-state index is 5.90. The van der Waals surface area contributed by atoms with Gasteiger partial charge in [0.05, 0.1) is 0 Å². The molecule has 0 saturated carbocycles. The van der Waals surface area contributed by atoms with Gasteiger partial charge in [-0.3, -0.25) is 4.98 Å². The van der Waals surface area contributed by atoms with Gasteiger partial charge in [0.25, 0.3) is 0 Å². The van der Waals surface area contributed by atoms with Crippen molar-refractivity contribution in [2.75, 3.05) is 17.3 Å². The summed E-state index contributed by atoms with van der Waals surface area (Å²) in [5, 5.41) is 0. The summed E-state index contributed by atoms with van der Waals surface area (Å²) in [6.07, 6.45) is 6.13. The molecule has 70 valence electrons. The van der Waals surface area contributed by atoms with Crippen molar-refractivity contribution in [1.82, 2.24) is 4.98 Å². The minimum Gasteiger partial charge on any atom is -0.367 e. The Bertz CT molecular complexity index is 263. The van der Waals surface area contributed by atoms with Crippen LogP contribution in [-0.4, -0.2) is 23.5 Å². The molecule has 0 radical (unpaired) electrons. The molecule has 0 N–H and O–H groups in total. The second-order valence-electron chi connectivity index (χ2n) is 3.35. The van der Waals surface area contributed by atoms with E-state index in [4.69, 9.17) is 11.6 Å². The molecule has 1 aromatic rings. The molecule has 1 atom stereocenters. The third-order valence-electron chi connectivity index (χ3n) is 2.55. The van der Waals surface area contributed by atoms with Gasteiger partial charge < -0.3 is 4.90 Å². The second kappa shape index (κ2) is 3.97. The molecule has 1 aliphatic heterocycles. The summed E-state index contributed by atoms with van der Waals surface area (Å²) in [7, 11) is 0. The van der Waals surface area contributed by atoms with Crippen molar-refractivity contribution in [2.24, 2.45) is 0 Å². The van der Waals surface area contributed by atoms with Crippen LogP contribution in [0.4, 0.5) is 5.69 Å². The Balaban J connectivity index is 2.16. The van der Waals surface area contributed by atoms with Gasteiger partial charge in [0.2, 0.25) is 0 Å². The first-order chi connectivity index (χ1) is 6.42. The summed E-state index contributed by atoms with van der Waals surface area (Å²) in [4.78, 5) is 6.38. The van der Waals surface area contributed by atoms with E-state index >= 15 is 0 Å². The van der Waals surface area contributed by atoms with Crippen LogP contribution in [0.5, 0.6) is 0 Å². The Kier molecular flexibility index (Phi) is 2.69. The van der Waals surface area contributed by atoms with E-state index in [1.165, 1.54) is 18.5 Å². The van der Waals surface area contributed by atoms with E-state index in [1.54, 1.807) is 0 Å². The van der Waals surface area contributed by atoms with Gasteiger partial charge in [0.1, 0.15) is 0 Å². The number of hydrogen-bond acceptors (Lipinski definition) is 2. The number of aromatic nitrogens is 1. The Morgan fingerprint density at radius 3 is 2.92 bits per heavy atom. The number of pyridine rings is 1. The average Bonchev–Trinajstić information content (AvgIpc) is 2.67. The predicted molar refractivity (Wildman–Crippen MR) is 55.3 cm³/mol. The molecular weight excluding hydrogens is 184 g/mol. The summed E-state index contributed by atoms with van der Waals surface area (Å²) >= 11 is 5.90. The lowest BCUT2D eigenvalue weighted by molar-refractivity contribution is 0.741. The highest BCUT2D eigenvalue weighted by Crippen LogP contribution is 2.25. The molecule has 3 heteroatoms. The van der Waals surface area contributed by atoms with E-state index in [2.05, 4.69) is 9.88 Å². The standard InChI is InChI=1S/C10H13ClN2/c11-8-10-2-1-7-13(10)9-3-5-12-6-4-9/h3-6,10H,1-2,7-8H2. The van der Waals surface area contributed by atoms with Gasteiger partial charge >= 0.3 is 0 Å². The minimum absolute atomic E-state index is 0.518. The molecule has 1 aromatic heterocycles. The fraction of sp³-hybridized carbons (Fsp3) is 0.500. The number of rotatable bonds is 2. The Labute approximate surface area is 83.5 Å². The van der Waals surface area contributed by atoms with E-state index in [0.717, 1.165) is 12.4 Å². The first-order valence-electron chi connectivity index (χ1n) is 4.64. The lowest BCUT2D eigenvalue weighted by Crippen LogP contribution is -2.30. The van der Waals surface area contributed by atoms with E-state index in [-0.39, 0.29) is 0 Å². The molecule has 2 nitrogen and oxygen atoms in total. The molecule has 13 heavy (non-hydrogen) atoms. The van der Waals surface area contributed by atoms with E-state index in [0.29, 0.717) is 6.04 Å². The number of hydrogen-bond donors (Lipinski definition) is 0. The highest BCUT2D eigenvalue weighted by atomic mass is 35.5. The van der Waals surface area contributed by atoms with Crippen molar-refractivity contribution in [1.29, 1.82) is 0 Å². The van der Waals surface area contributed by atoms with Gasteiger partial charge in [-0.2, -0.15) is 0 Å². The largest absolute Gasteiger partial charge is 0.367 e. The van der Waals surface area contributed by atoms with Gasteiger partial charge in [0.15, 0.2) is 0 Å². The molecule has 0 aromatic carbocycles. The molecule has 1 fully saturated rings. The smallest absolute Gasteiger partial charge is 0.0427 e. The molecular formula is C10H13ClN2. The highest BCUT2D eigenvalue weighted by molar-refractivity contribution is 6.18. The normalized spacial score (nSPS) is 22.2. The molecule has 0 bridgehead atoms. The predicted octanol–water partition coefficient (Wildman–Crippen LogP) is 2.29. The lowest BCUT2D eigenvalue weighted by atomic mass is 10.2. The van der Waals surface area contributed by atoms with Gasteiger partial charge in [-0.05, 0) is 25.0 Å². The molecule has 0 aliphatic carbocycles. The van der Waals surface area contributed by atoms with Crippen LogP contribution in [0.2, 0.25) is 0 Å². The van der Waals surface area contributed by atoms with Crippen molar-refractivity contribution >= 4 is 17.3 Å². The van der Waals surface area contributed by atoms with Crippen LogP contribution in [0.3, 0.4) is 0 Å². The zero-order chi connectivity index (χ0) is 9.10. The maximum absolute atomic E-state index is 5.90.